The molecular formula is C16H35NO2. The second kappa shape index (κ2) is 12.9. The number of ether oxygens (including phenoxy) is 2. The minimum absolute atomic E-state index is 0.180. The SMILES string of the molecule is CCCCC(CC)COC(CNCC(C)C)COC. The van der Waals surface area contributed by atoms with Crippen LogP contribution in [0.3, 0.4) is 0 Å². The van der Waals surface area contributed by atoms with E-state index < -0.39 is 0 Å². The summed E-state index contributed by atoms with van der Waals surface area (Å²) in [7, 11) is 1.74. The molecule has 0 saturated carbocycles. The van der Waals surface area contributed by atoms with Crippen LogP contribution in [0.5, 0.6) is 0 Å². The van der Waals surface area contributed by atoms with Crippen molar-refractivity contribution in [3.8, 4) is 0 Å². The molecule has 3 heteroatoms. The molecule has 1 N–H and O–H groups in total. The predicted octanol–water partition coefficient (Wildman–Crippen LogP) is 3.48. The summed E-state index contributed by atoms with van der Waals surface area (Å²) in [4.78, 5) is 0. The first-order valence-electron chi connectivity index (χ1n) is 7.95. The Kier molecular flexibility index (Phi) is 12.8. The number of rotatable bonds is 13. The Bertz CT molecular complexity index is 186. The molecule has 0 heterocycles. The van der Waals surface area contributed by atoms with E-state index in [1.165, 1.54) is 25.7 Å². The zero-order chi connectivity index (χ0) is 14.5. The Hall–Kier alpha value is -0.120. The molecule has 0 spiro atoms. The molecule has 0 aromatic carbocycles. The monoisotopic (exact) mass is 273 g/mol. The number of methoxy groups -OCH3 is 1. The summed E-state index contributed by atoms with van der Waals surface area (Å²) in [5.41, 5.74) is 0. The lowest BCUT2D eigenvalue weighted by Crippen LogP contribution is -2.35. The molecule has 0 aliphatic rings. The largest absolute Gasteiger partial charge is 0.382 e. The van der Waals surface area contributed by atoms with E-state index in [1.54, 1.807) is 7.11 Å². The predicted molar refractivity (Wildman–Crippen MR) is 82.6 cm³/mol. The first-order valence-corrected chi connectivity index (χ1v) is 7.95. The molecule has 0 aliphatic carbocycles. The van der Waals surface area contributed by atoms with Gasteiger partial charge in [0.15, 0.2) is 0 Å². The van der Waals surface area contributed by atoms with Gasteiger partial charge in [-0.1, -0.05) is 47.0 Å². The molecule has 0 rings (SSSR count). The summed E-state index contributed by atoms with van der Waals surface area (Å²) >= 11 is 0. The third kappa shape index (κ3) is 11.4. The highest BCUT2D eigenvalue weighted by Crippen LogP contribution is 2.13. The maximum atomic E-state index is 6.03. The van der Waals surface area contributed by atoms with Gasteiger partial charge in [-0.25, -0.2) is 0 Å². The molecule has 0 amide bonds. The van der Waals surface area contributed by atoms with Crippen LogP contribution in [-0.4, -0.2) is 39.5 Å². The minimum atomic E-state index is 0.180. The number of hydrogen-bond donors (Lipinski definition) is 1. The van der Waals surface area contributed by atoms with Crippen LogP contribution in [-0.2, 0) is 9.47 Å². The van der Waals surface area contributed by atoms with Gasteiger partial charge in [-0.15, -0.1) is 0 Å². The Morgan fingerprint density at radius 2 is 1.79 bits per heavy atom. The maximum Gasteiger partial charge on any atom is 0.0932 e. The first-order chi connectivity index (χ1) is 9.13. The Morgan fingerprint density at radius 1 is 1.05 bits per heavy atom. The number of nitrogens with one attached hydrogen (secondary N) is 1. The summed E-state index contributed by atoms with van der Waals surface area (Å²) < 4.78 is 11.3. The second-order valence-electron chi connectivity index (χ2n) is 5.88. The Balaban J connectivity index is 3.89. The summed E-state index contributed by atoms with van der Waals surface area (Å²) in [5, 5.41) is 3.45. The van der Waals surface area contributed by atoms with Crippen LogP contribution in [0.4, 0.5) is 0 Å². The van der Waals surface area contributed by atoms with Gasteiger partial charge in [-0.05, 0) is 24.8 Å². The molecule has 0 saturated heterocycles. The lowest BCUT2D eigenvalue weighted by atomic mass is 10.0. The van der Waals surface area contributed by atoms with Crippen LogP contribution in [0.2, 0.25) is 0 Å². The van der Waals surface area contributed by atoms with Gasteiger partial charge in [0.2, 0.25) is 0 Å². The molecule has 3 nitrogen and oxygen atoms in total. The quantitative estimate of drug-likeness (QED) is 0.557. The highest BCUT2D eigenvalue weighted by atomic mass is 16.5. The van der Waals surface area contributed by atoms with E-state index in [0.717, 1.165) is 19.7 Å². The molecule has 2 unspecified atom stereocenters. The standard InChI is InChI=1S/C16H35NO2/c1-6-8-9-15(7-2)12-19-16(13-18-5)11-17-10-14(3)4/h14-17H,6-13H2,1-5H3. The lowest BCUT2D eigenvalue weighted by Gasteiger charge is -2.22. The van der Waals surface area contributed by atoms with E-state index in [-0.39, 0.29) is 6.10 Å². The molecule has 0 aromatic rings. The average Bonchev–Trinajstić information content (AvgIpc) is 2.38. The zero-order valence-electron chi connectivity index (χ0n) is 13.7. The van der Waals surface area contributed by atoms with Crippen LogP contribution in [0.15, 0.2) is 0 Å². The molecular weight excluding hydrogens is 238 g/mol. The van der Waals surface area contributed by atoms with E-state index in [0.29, 0.717) is 18.4 Å². The van der Waals surface area contributed by atoms with Gasteiger partial charge in [0.1, 0.15) is 0 Å². The van der Waals surface area contributed by atoms with Crippen molar-refractivity contribution < 1.29 is 9.47 Å². The Labute approximate surface area is 120 Å². The van der Waals surface area contributed by atoms with Crippen LogP contribution >= 0.6 is 0 Å². The molecule has 0 bridgehead atoms. The lowest BCUT2D eigenvalue weighted by molar-refractivity contribution is -0.0180. The second-order valence-corrected chi connectivity index (χ2v) is 5.88. The summed E-state index contributed by atoms with van der Waals surface area (Å²) in [5.74, 6) is 1.38. The highest BCUT2D eigenvalue weighted by Gasteiger charge is 2.12. The fourth-order valence-electron chi connectivity index (χ4n) is 2.06. The summed E-state index contributed by atoms with van der Waals surface area (Å²) in [6, 6.07) is 0. The maximum absolute atomic E-state index is 6.03. The van der Waals surface area contributed by atoms with Crippen molar-refractivity contribution in [2.45, 2.75) is 59.5 Å². The zero-order valence-corrected chi connectivity index (χ0v) is 13.7. The molecule has 0 fully saturated rings. The van der Waals surface area contributed by atoms with Crippen molar-refractivity contribution in [1.29, 1.82) is 0 Å². The third-order valence-electron chi connectivity index (χ3n) is 3.39. The molecule has 19 heavy (non-hydrogen) atoms. The van der Waals surface area contributed by atoms with E-state index >= 15 is 0 Å². The minimum Gasteiger partial charge on any atom is -0.382 e. The van der Waals surface area contributed by atoms with Crippen molar-refractivity contribution in [3.05, 3.63) is 0 Å². The van der Waals surface area contributed by atoms with Crippen LogP contribution in [0, 0.1) is 11.8 Å². The van der Waals surface area contributed by atoms with Crippen LogP contribution in [0.1, 0.15) is 53.4 Å². The van der Waals surface area contributed by atoms with Gasteiger partial charge >= 0.3 is 0 Å². The highest BCUT2D eigenvalue weighted by molar-refractivity contribution is 4.64. The van der Waals surface area contributed by atoms with Crippen molar-refractivity contribution >= 4 is 0 Å². The topological polar surface area (TPSA) is 30.5 Å². The number of unbranched alkanes of at least 4 members (excludes halogenated alkanes) is 1. The van der Waals surface area contributed by atoms with Crippen molar-refractivity contribution in [2.75, 3.05) is 33.4 Å². The van der Waals surface area contributed by atoms with Crippen LogP contribution < -0.4 is 5.32 Å². The number of hydrogen-bond acceptors (Lipinski definition) is 3. The van der Waals surface area contributed by atoms with Crippen molar-refractivity contribution in [2.24, 2.45) is 11.8 Å². The van der Waals surface area contributed by atoms with E-state index in [4.69, 9.17) is 9.47 Å². The molecule has 0 aliphatic heterocycles. The van der Waals surface area contributed by atoms with E-state index in [1.807, 2.05) is 0 Å². The van der Waals surface area contributed by atoms with Gasteiger partial charge in [0, 0.05) is 20.3 Å². The summed E-state index contributed by atoms with van der Waals surface area (Å²) in [6.45, 7) is 12.4. The average molecular weight is 273 g/mol. The third-order valence-corrected chi connectivity index (χ3v) is 3.39. The first kappa shape index (κ1) is 18.9. The Morgan fingerprint density at radius 3 is 2.32 bits per heavy atom. The van der Waals surface area contributed by atoms with Gasteiger partial charge < -0.3 is 14.8 Å². The van der Waals surface area contributed by atoms with Crippen molar-refractivity contribution in [3.63, 3.8) is 0 Å². The van der Waals surface area contributed by atoms with E-state index in [9.17, 15) is 0 Å². The molecule has 2 atom stereocenters. The molecule has 116 valence electrons. The summed E-state index contributed by atoms with van der Waals surface area (Å²) in [6.07, 6.45) is 5.25. The van der Waals surface area contributed by atoms with Gasteiger partial charge in [-0.3, -0.25) is 0 Å². The van der Waals surface area contributed by atoms with Gasteiger partial charge in [0.25, 0.3) is 0 Å². The normalized spacial score (nSPS) is 14.8. The molecule has 0 radical (unpaired) electrons. The van der Waals surface area contributed by atoms with E-state index in [2.05, 4.69) is 33.0 Å². The van der Waals surface area contributed by atoms with Gasteiger partial charge in [0.05, 0.1) is 12.7 Å². The fraction of sp³-hybridized carbons (Fsp3) is 1.00. The van der Waals surface area contributed by atoms with Crippen LogP contribution in [0.25, 0.3) is 0 Å². The van der Waals surface area contributed by atoms with Gasteiger partial charge in [-0.2, -0.15) is 0 Å². The molecule has 0 aromatic heterocycles. The fourth-order valence-corrected chi connectivity index (χ4v) is 2.06. The van der Waals surface area contributed by atoms with Crippen molar-refractivity contribution in [1.82, 2.24) is 5.32 Å². The smallest absolute Gasteiger partial charge is 0.0932 e.